The smallest absolute Gasteiger partial charge is 0.387 e. The van der Waals surface area contributed by atoms with Gasteiger partial charge in [-0.15, -0.1) is 0 Å². The van der Waals surface area contributed by atoms with Gasteiger partial charge in [0.15, 0.2) is 5.76 Å². The molecular weight excluding hydrogens is 472 g/mol. The Balaban J connectivity index is 1.66. The highest BCUT2D eigenvalue weighted by Gasteiger charge is 2.16. The van der Waals surface area contributed by atoms with Crippen LogP contribution in [0.25, 0.3) is 0 Å². The number of ether oxygens (including phenoxy) is 2. The van der Waals surface area contributed by atoms with Crippen molar-refractivity contribution in [2.24, 2.45) is 0 Å². The topological polar surface area (TPSA) is 60.7 Å². The Kier molecular flexibility index (Phi) is 6.76. The summed E-state index contributed by atoms with van der Waals surface area (Å²) in [6.07, 6.45) is 0. The Morgan fingerprint density at radius 1 is 1.17 bits per heavy atom. The largest absolute Gasteiger partial charge is 0.484 e. The van der Waals surface area contributed by atoms with E-state index in [9.17, 15) is 13.6 Å². The number of alkyl halides is 2. The minimum atomic E-state index is -3.01. The van der Waals surface area contributed by atoms with E-state index >= 15 is 0 Å². The van der Waals surface area contributed by atoms with Gasteiger partial charge in [-0.05, 0) is 55.0 Å². The second-order valence-corrected chi connectivity index (χ2v) is 7.28. The van der Waals surface area contributed by atoms with Gasteiger partial charge in [-0.1, -0.05) is 33.6 Å². The Labute approximate surface area is 178 Å². The third-order valence-corrected chi connectivity index (χ3v) is 4.54. The molecule has 1 N–H and O–H groups in total. The van der Waals surface area contributed by atoms with Crippen molar-refractivity contribution in [2.75, 3.05) is 5.32 Å². The maximum atomic E-state index is 12.6. The summed E-state index contributed by atoms with van der Waals surface area (Å²) in [5, 5.41) is 2.93. The molecule has 0 aliphatic carbocycles. The number of benzene rings is 2. The van der Waals surface area contributed by atoms with E-state index in [2.05, 4.69) is 26.0 Å². The first-order chi connectivity index (χ1) is 13.8. The quantitative estimate of drug-likeness (QED) is 0.418. The van der Waals surface area contributed by atoms with E-state index in [1.165, 1.54) is 18.2 Å². The summed E-state index contributed by atoms with van der Waals surface area (Å²) in [7, 11) is 0. The number of amides is 1. The molecule has 0 aliphatic rings. The van der Waals surface area contributed by atoms with Crippen LogP contribution in [-0.4, -0.2) is 12.5 Å². The molecule has 5 nitrogen and oxygen atoms in total. The molecule has 0 atom stereocenters. The van der Waals surface area contributed by atoms with Crippen molar-refractivity contribution in [3.05, 3.63) is 75.1 Å². The SMILES string of the molecule is Cc1ccc(NC(=O)c2ccc(COc3ccc(Br)cc3Cl)o2)c(OC(F)F)c1. The van der Waals surface area contributed by atoms with Crippen molar-refractivity contribution >= 4 is 39.1 Å². The number of carbonyl (C=O) groups is 1. The van der Waals surface area contributed by atoms with Crippen LogP contribution in [0.5, 0.6) is 11.5 Å². The lowest BCUT2D eigenvalue weighted by atomic mass is 10.2. The molecule has 1 aromatic heterocycles. The highest BCUT2D eigenvalue weighted by atomic mass is 79.9. The standard InChI is InChI=1S/C20H15BrClF2NO4/c1-11-2-5-15(18(8-11)29-20(23)24)25-19(26)17-7-4-13(28-17)10-27-16-6-3-12(21)9-14(16)22/h2-9,20H,10H2,1H3,(H,25,26). The van der Waals surface area contributed by atoms with Crippen LogP contribution in [0.2, 0.25) is 5.02 Å². The lowest BCUT2D eigenvalue weighted by Crippen LogP contribution is -2.13. The van der Waals surface area contributed by atoms with Gasteiger partial charge in [-0.3, -0.25) is 4.79 Å². The van der Waals surface area contributed by atoms with Crippen LogP contribution in [0.1, 0.15) is 21.9 Å². The number of furan rings is 1. The van der Waals surface area contributed by atoms with E-state index in [4.69, 9.17) is 20.8 Å². The van der Waals surface area contributed by atoms with Crippen LogP contribution in [0.3, 0.4) is 0 Å². The van der Waals surface area contributed by atoms with Gasteiger partial charge in [0.2, 0.25) is 0 Å². The molecule has 0 unspecified atom stereocenters. The van der Waals surface area contributed by atoms with Crippen LogP contribution in [0, 0.1) is 6.92 Å². The molecule has 3 rings (SSSR count). The average molecular weight is 487 g/mol. The van der Waals surface area contributed by atoms with Crippen molar-refractivity contribution in [1.82, 2.24) is 0 Å². The third kappa shape index (κ3) is 5.71. The Morgan fingerprint density at radius 2 is 1.97 bits per heavy atom. The van der Waals surface area contributed by atoms with E-state index in [1.807, 2.05) is 0 Å². The summed E-state index contributed by atoms with van der Waals surface area (Å²) in [4.78, 5) is 12.4. The first-order valence-electron chi connectivity index (χ1n) is 8.35. The molecule has 2 aromatic carbocycles. The van der Waals surface area contributed by atoms with Crippen LogP contribution in [0.4, 0.5) is 14.5 Å². The second-order valence-electron chi connectivity index (χ2n) is 5.96. The number of anilines is 1. The van der Waals surface area contributed by atoms with Gasteiger partial charge in [0.25, 0.3) is 5.91 Å². The van der Waals surface area contributed by atoms with E-state index in [-0.39, 0.29) is 23.8 Å². The van der Waals surface area contributed by atoms with E-state index in [0.717, 1.165) is 4.47 Å². The third-order valence-electron chi connectivity index (χ3n) is 3.75. The van der Waals surface area contributed by atoms with Crippen LogP contribution >= 0.6 is 27.5 Å². The number of hydrogen-bond acceptors (Lipinski definition) is 4. The first-order valence-corrected chi connectivity index (χ1v) is 9.52. The van der Waals surface area contributed by atoms with Gasteiger partial charge < -0.3 is 19.2 Å². The molecule has 29 heavy (non-hydrogen) atoms. The van der Waals surface area contributed by atoms with Crippen molar-refractivity contribution < 1.29 is 27.5 Å². The molecule has 0 fully saturated rings. The van der Waals surface area contributed by atoms with Gasteiger partial charge in [-0.25, -0.2) is 0 Å². The molecule has 3 aromatic rings. The summed E-state index contributed by atoms with van der Waals surface area (Å²) < 4.78 is 41.5. The van der Waals surface area contributed by atoms with Crippen molar-refractivity contribution in [3.8, 4) is 11.5 Å². The van der Waals surface area contributed by atoms with Gasteiger partial charge in [0.1, 0.15) is 23.9 Å². The molecule has 0 aliphatic heterocycles. The van der Waals surface area contributed by atoms with Gasteiger partial charge in [0, 0.05) is 4.47 Å². The predicted octanol–water partition coefficient (Wildman–Crippen LogP) is 6.44. The lowest BCUT2D eigenvalue weighted by molar-refractivity contribution is -0.0494. The second kappa shape index (κ2) is 9.28. The molecule has 0 radical (unpaired) electrons. The number of carbonyl (C=O) groups excluding carboxylic acids is 1. The van der Waals surface area contributed by atoms with Gasteiger partial charge in [0.05, 0.1) is 10.7 Å². The normalized spacial score (nSPS) is 10.8. The summed E-state index contributed by atoms with van der Waals surface area (Å²) in [6.45, 7) is -1.23. The molecule has 0 spiro atoms. The van der Waals surface area contributed by atoms with Gasteiger partial charge >= 0.3 is 6.61 Å². The van der Waals surface area contributed by atoms with Crippen LogP contribution in [0.15, 0.2) is 57.4 Å². The zero-order chi connectivity index (χ0) is 21.0. The minimum Gasteiger partial charge on any atom is -0.484 e. The van der Waals surface area contributed by atoms with E-state index < -0.39 is 12.5 Å². The molecule has 9 heteroatoms. The summed E-state index contributed by atoms with van der Waals surface area (Å²) in [6, 6.07) is 12.8. The number of halogens is 4. The van der Waals surface area contributed by atoms with Crippen molar-refractivity contribution in [3.63, 3.8) is 0 Å². The molecule has 1 heterocycles. The predicted molar refractivity (Wildman–Crippen MR) is 108 cm³/mol. The molecular formula is C20H15BrClF2NO4. The first kappa shape index (κ1) is 21.1. The van der Waals surface area contributed by atoms with Crippen molar-refractivity contribution in [2.45, 2.75) is 20.1 Å². The molecule has 0 saturated heterocycles. The minimum absolute atomic E-state index is 0.00549. The molecule has 0 saturated carbocycles. The summed E-state index contributed by atoms with van der Waals surface area (Å²) >= 11 is 9.40. The zero-order valence-corrected chi connectivity index (χ0v) is 17.4. The average Bonchev–Trinajstić information content (AvgIpc) is 3.12. The van der Waals surface area contributed by atoms with Gasteiger partial charge in [-0.2, -0.15) is 8.78 Å². The number of hydrogen-bond donors (Lipinski definition) is 1. The maximum Gasteiger partial charge on any atom is 0.387 e. The fourth-order valence-electron chi connectivity index (χ4n) is 2.43. The van der Waals surface area contributed by atoms with E-state index in [0.29, 0.717) is 22.1 Å². The van der Waals surface area contributed by atoms with Crippen LogP contribution < -0.4 is 14.8 Å². The highest BCUT2D eigenvalue weighted by molar-refractivity contribution is 9.10. The molecule has 1 amide bonds. The Hall–Kier alpha value is -2.58. The monoisotopic (exact) mass is 485 g/mol. The number of aryl methyl sites for hydroxylation is 1. The Bertz CT molecular complexity index is 1030. The highest BCUT2D eigenvalue weighted by Crippen LogP contribution is 2.29. The fourth-order valence-corrected chi connectivity index (χ4v) is 3.16. The maximum absolute atomic E-state index is 12.6. The summed E-state index contributed by atoms with van der Waals surface area (Å²) in [5.41, 5.74) is 0.819. The fraction of sp³-hybridized carbons (Fsp3) is 0.150. The molecule has 0 bridgehead atoms. The number of rotatable bonds is 7. The summed E-state index contributed by atoms with van der Waals surface area (Å²) in [5.74, 6) is 0.108. The molecule has 152 valence electrons. The van der Waals surface area contributed by atoms with E-state index in [1.54, 1.807) is 37.3 Å². The zero-order valence-electron chi connectivity index (χ0n) is 15.0. The number of nitrogens with one attached hydrogen (secondary N) is 1. The Morgan fingerprint density at radius 3 is 2.69 bits per heavy atom. The van der Waals surface area contributed by atoms with Crippen molar-refractivity contribution in [1.29, 1.82) is 0 Å². The lowest BCUT2D eigenvalue weighted by Gasteiger charge is -2.12. The van der Waals surface area contributed by atoms with Crippen LogP contribution in [-0.2, 0) is 6.61 Å².